The van der Waals surface area contributed by atoms with Crippen LogP contribution >= 0.6 is 0 Å². The van der Waals surface area contributed by atoms with Crippen LogP contribution in [0.15, 0.2) is 0 Å². The number of hydrogen-bond donors (Lipinski definition) is 1. The maximum atomic E-state index is 13.1. The highest BCUT2D eigenvalue weighted by Gasteiger charge is 2.40. The Morgan fingerprint density at radius 2 is 2.05 bits per heavy atom. The molecule has 3 heteroatoms. The van der Waals surface area contributed by atoms with Gasteiger partial charge in [-0.25, -0.2) is 0 Å². The van der Waals surface area contributed by atoms with E-state index in [1.54, 1.807) is 0 Å². The maximum absolute atomic E-state index is 13.1. The van der Waals surface area contributed by atoms with E-state index in [0.717, 1.165) is 32.5 Å². The van der Waals surface area contributed by atoms with Gasteiger partial charge in [0.2, 0.25) is 5.91 Å². The van der Waals surface area contributed by atoms with Crippen LogP contribution in [0.5, 0.6) is 0 Å². The van der Waals surface area contributed by atoms with Crippen molar-refractivity contribution in [2.45, 2.75) is 71.8 Å². The first-order valence-corrected chi connectivity index (χ1v) is 8.57. The number of nitrogens with one attached hydrogen (secondary N) is 1. The van der Waals surface area contributed by atoms with Crippen molar-refractivity contribution in [3.05, 3.63) is 0 Å². The van der Waals surface area contributed by atoms with Crippen LogP contribution in [0.2, 0.25) is 0 Å². The van der Waals surface area contributed by atoms with Crippen LogP contribution in [-0.2, 0) is 4.79 Å². The second-order valence-electron chi connectivity index (χ2n) is 7.32. The average molecular weight is 280 g/mol. The Labute approximate surface area is 124 Å². The molecule has 0 aromatic heterocycles. The van der Waals surface area contributed by atoms with Crippen LogP contribution in [0.1, 0.15) is 65.7 Å². The van der Waals surface area contributed by atoms with Gasteiger partial charge in [0.05, 0.1) is 0 Å². The summed E-state index contributed by atoms with van der Waals surface area (Å²) in [5.41, 5.74) is 0.184. The van der Waals surface area contributed by atoms with Crippen molar-refractivity contribution in [2.75, 3.05) is 19.6 Å². The van der Waals surface area contributed by atoms with E-state index in [1.807, 2.05) is 0 Å². The number of carbonyl (C=O) groups excluding carboxylic acids is 1. The summed E-state index contributed by atoms with van der Waals surface area (Å²) in [4.78, 5) is 15.3. The van der Waals surface area contributed by atoms with Gasteiger partial charge < -0.3 is 10.2 Å². The summed E-state index contributed by atoms with van der Waals surface area (Å²) in [6.07, 6.45) is 8.24. The lowest BCUT2D eigenvalue weighted by Crippen LogP contribution is -2.53. The number of rotatable bonds is 4. The topological polar surface area (TPSA) is 32.3 Å². The Morgan fingerprint density at radius 1 is 1.25 bits per heavy atom. The highest BCUT2D eigenvalue weighted by Crippen LogP contribution is 2.41. The lowest BCUT2D eigenvalue weighted by atomic mass is 9.68. The lowest BCUT2D eigenvalue weighted by molar-refractivity contribution is -0.144. The van der Waals surface area contributed by atoms with Crippen molar-refractivity contribution in [1.29, 1.82) is 0 Å². The molecule has 1 saturated carbocycles. The van der Waals surface area contributed by atoms with Gasteiger partial charge >= 0.3 is 0 Å². The highest BCUT2D eigenvalue weighted by molar-refractivity contribution is 5.80. The molecule has 2 atom stereocenters. The molecule has 1 saturated heterocycles. The van der Waals surface area contributed by atoms with E-state index < -0.39 is 0 Å². The quantitative estimate of drug-likeness (QED) is 0.857. The maximum Gasteiger partial charge on any atom is 0.226 e. The molecule has 1 N–H and O–H groups in total. The van der Waals surface area contributed by atoms with Gasteiger partial charge in [-0.1, -0.05) is 33.6 Å². The molecule has 2 aliphatic rings. The molecule has 1 amide bonds. The number of hydrogen-bond acceptors (Lipinski definition) is 2. The predicted octanol–water partition coefficient (Wildman–Crippen LogP) is 3.19. The minimum absolute atomic E-state index is 0.184. The van der Waals surface area contributed by atoms with E-state index in [1.165, 1.54) is 32.1 Å². The van der Waals surface area contributed by atoms with Gasteiger partial charge in [0.25, 0.3) is 0 Å². The van der Waals surface area contributed by atoms with Crippen molar-refractivity contribution in [1.82, 2.24) is 10.2 Å². The highest BCUT2D eigenvalue weighted by atomic mass is 16.2. The molecule has 1 aliphatic carbocycles. The largest absolute Gasteiger partial charge is 0.338 e. The zero-order valence-electron chi connectivity index (χ0n) is 13.6. The summed E-state index contributed by atoms with van der Waals surface area (Å²) in [5, 5.41) is 3.46. The van der Waals surface area contributed by atoms with Crippen LogP contribution in [0.4, 0.5) is 0 Å². The van der Waals surface area contributed by atoms with E-state index in [-0.39, 0.29) is 11.3 Å². The van der Waals surface area contributed by atoms with Crippen LogP contribution in [-0.4, -0.2) is 36.5 Å². The van der Waals surface area contributed by atoms with Crippen LogP contribution in [0, 0.1) is 11.3 Å². The monoisotopic (exact) mass is 280 g/mol. The van der Waals surface area contributed by atoms with Crippen molar-refractivity contribution >= 4 is 5.91 Å². The molecule has 20 heavy (non-hydrogen) atoms. The van der Waals surface area contributed by atoms with Crippen LogP contribution in [0.25, 0.3) is 0 Å². The zero-order chi connectivity index (χ0) is 14.6. The fraction of sp³-hybridized carbons (Fsp3) is 0.941. The third-order valence-electron chi connectivity index (χ3n) is 5.26. The van der Waals surface area contributed by atoms with Gasteiger partial charge in [-0.15, -0.1) is 0 Å². The molecule has 3 nitrogen and oxygen atoms in total. The van der Waals surface area contributed by atoms with Crippen molar-refractivity contribution in [3.63, 3.8) is 0 Å². The molecule has 2 rings (SSSR count). The van der Waals surface area contributed by atoms with E-state index >= 15 is 0 Å². The molecule has 0 aromatic rings. The molecule has 0 bridgehead atoms. The molecule has 0 spiro atoms. The molecule has 1 heterocycles. The fourth-order valence-electron chi connectivity index (χ4n) is 3.97. The lowest BCUT2D eigenvalue weighted by Gasteiger charge is -2.43. The van der Waals surface area contributed by atoms with Gasteiger partial charge in [-0.2, -0.15) is 0 Å². The first-order chi connectivity index (χ1) is 9.56. The Morgan fingerprint density at radius 3 is 2.65 bits per heavy atom. The minimum Gasteiger partial charge on any atom is -0.338 e. The number of carbonyl (C=O) groups is 1. The normalized spacial score (nSPS) is 29.9. The molecular formula is C17H32N2O. The Balaban J connectivity index is 2.08. The van der Waals surface area contributed by atoms with Crippen molar-refractivity contribution in [2.24, 2.45) is 11.3 Å². The van der Waals surface area contributed by atoms with Crippen molar-refractivity contribution < 1.29 is 4.79 Å². The first kappa shape index (κ1) is 15.8. The van der Waals surface area contributed by atoms with E-state index in [2.05, 4.69) is 31.0 Å². The zero-order valence-corrected chi connectivity index (χ0v) is 13.6. The first-order valence-electron chi connectivity index (χ1n) is 8.57. The SMILES string of the molecule is CCCN(C(=O)C1CCCCC1(C)C)C1CCCNC1. The third kappa shape index (κ3) is 3.55. The molecule has 2 unspecified atom stereocenters. The van der Waals surface area contributed by atoms with Gasteiger partial charge in [0.15, 0.2) is 0 Å². The van der Waals surface area contributed by atoms with Gasteiger partial charge in [-0.3, -0.25) is 4.79 Å². The average Bonchev–Trinajstić information content (AvgIpc) is 2.44. The van der Waals surface area contributed by atoms with Gasteiger partial charge in [0, 0.05) is 25.0 Å². The van der Waals surface area contributed by atoms with Gasteiger partial charge in [-0.05, 0) is 44.1 Å². The molecule has 2 fully saturated rings. The fourth-order valence-corrected chi connectivity index (χ4v) is 3.97. The summed E-state index contributed by atoms with van der Waals surface area (Å²) < 4.78 is 0. The second kappa shape index (κ2) is 6.93. The molecular weight excluding hydrogens is 248 g/mol. The summed E-state index contributed by atoms with van der Waals surface area (Å²) >= 11 is 0. The summed E-state index contributed by atoms with van der Waals surface area (Å²) in [5.74, 6) is 0.676. The van der Waals surface area contributed by atoms with E-state index in [4.69, 9.17) is 0 Å². The van der Waals surface area contributed by atoms with E-state index in [9.17, 15) is 4.79 Å². The summed E-state index contributed by atoms with van der Waals surface area (Å²) in [6.45, 7) is 9.79. The smallest absolute Gasteiger partial charge is 0.226 e. The number of piperidine rings is 1. The predicted molar refractivity (Wildman–Crippen MR) is 83.6 cm³/mol. The van der Waals surface area contributed by atoms with Gasteiger partial charge in [0.1, 0.15) is 0 Å². The summed E-state index contributed by atoms with van der Waals surface area (Å²) in [6, 6.07) is 0.425. The minimum atomic E-state index is 0.184. The third-order valence-corrected chi connectivity index (χ3v) is 5.26. The number of amides is 1. The number of nitrogens with zero attached hydrogens (tertiary/aromatic N) is 1. The molecule has 1 aliphatic heterocycles. The summed E-state index contributed by atoms with van der Waals surface area (Å²) in [7, 11) is 0. The van der Waals surface area contributed by atoms with Crippen molar-refractivity contribution in [3.8, 4) is 0 Å². The Hall–Kier alpha value is -0.570. The standard InChI is InChI=1S/C17H32N2O/c1-4-12-19(14-8-7-11-18-13-14)16(20)15-9-5-6-10-17(15,2)3/h14-15,18H,4-13H2,1-3H3. The van der Waals surface area contributed by atoms with E-state index in [0.29, 0.717) is 11.9 Å². The Bertz CT molecular complexity index is 321. The van der Waals surface area contributed by atoms with Crippen LogP contribution < -0.4 is 5.32 Å². The molecule has 0 radical (unpaired) electrons. The molecule has 0 aromatic carbocycles. The van der Waals surface area contributed by atoms with Crippen LogP contribution in [0.3, 0.4) is 0 Å². The Kier molecular flexibility index (Phi) is 5.48. The molecule has 116 valence electrons. The second-order valence-corrected chi connectivity index (χ2v) is 7.32.